The van der Waals surface area contributed by atoms with Crippen molar-refractivity contribution in [3.05, 3.63) is 23.8 Å². The molecule has 5 heteroatoms. The lowest BCUT2D eigenvalue weighted by molar-refractivity contribution is 0.510. The van der Waals surface area contributed by atoms with Crippen molar-refractivity contribution in [2.45, 2.75) is 24.5 Å². The van der Waals surface area contributed by atoms with Crippen LogP contribution >= 0.6 is 11.8 Å². The van der Waals surface area contributed by atoms with Crippen molar-refractivity contribution < 1.29 is 8.78 Å². The molecule has 0 spiro atoms. The number of anilines is 2. The summed E-state index contributed by atoms with van der Waals surface area (Å²) >= 11 is 1.86. The Kier molecular flexibility index (Phi) is 3.47. The van der Waals surface area contributed by atoms with Crippen LogP contribution in [0.15, 0.2) is 12.1 Å². The zero-order chi connectivity index (χ0) is 12.5. The number of nitrogens with two attached hydrogens (primary N) is 1. The van der Waals surface area contributed by atoms with Crippen LogP contribution in [-0.4, -0.2) is 17.0 Å². The number of halogens is 2. The summed E-state index contributed by atoms with van der Waals surface area (Å²) in [5.74, 6) is -0.637. The third-order valence-electron chi connectivity index (χ3n) is 3.07. The molecule has 1 aromatic carbocycles. The van der Waals surface area contributed by atoms with Gasteiger partial charge in [-0.05, 0) is 37.7 Å². The van der Waals surface area contributed by atoms with Crippen LogP contribution in [-0.2, 0) is 0 Å². The first-order valence-corrected chi connectivity index (χ1v) is 6.62. The number of rotatable bonds is 3. The monoisotopic (exact) mass is 258 g/mol. The fraction of sp³-hybridized carbons (Fsp3) is 0.500. The SMILES string of the molecule is CC1(CNc2c(N)ccc(F)c2F)CCCS1. The second-order valence-corrected chi connectivity index (χ2v) is 6.26. The minimum Gasteiger partial charge on any atom is -0.397 e. The maximum atomic E-state index is 13.5. The van der Waals surface area contributed by atoms with E-state index in [1.165, 1.54) is 12.5 Å². The lowest BCUT2D eigenvalue weighted by Crippen LogP contribution is -2.27. The average Bonchev–Trinajstić information content (AvgIpc) is 2.71. The van der Waals surface area contributed by atoms with Crippen molar-refractivity contribution in [1.82, 2.24) is 0 Å². The molecule has 1 fully saturated rings. The molecule has 1 unspecified atom stereocenters. The highest BCUT2D eigenvalue weighted by molar-refractivity contribution is 8.00. The first-order valence-electron chi connectivity index (χ1n) is 5.63. The Bertz CT molecular complexity index is 417. The maximum absolute atomic E-state index is 13.5. The molecule has 1 aliphatic rings. The minimum absolute atomic E-state index is 0.0822. The maximum Gasteiger partial charge on any atom is 0.183 e. The molecule has 94 valence electrons. The quantitative estimate of drug-likeness (QED) is 0.817. The van der Waals surface area contributed by atoms with Crippen molar-refractivity contribution in [3.63, 3.8) is 0 Å². The van der Waals surface area contributed by atoms with Gasteiger partial charge in [0.2, 0.25) is 0 Å². The van der Waals surface area contributed by atoms with Gasteiger partial charge in [-0.25, -0.2) is 8.78 Å². The van der Waals surface area contributed by atoms with E-state index in [4.69, 9.17) is 5.73 Å². The van der Waals surface area contributed by atoms with Crippen LogP contribution in [0.5, 0.6) is 0 Å². The fourth-order valence-electron chi connectivity index (χ4n) is 2.00. The van der Waals surface area contributed by atoms with Crippen molar-refractivity contribution in [2.75, 3.05) is 23.3 Å². The summed E-state index contributed by atoms with van der Waals surface area (Å²) in [4.78, 5) is 0. The predicted octanol–water partition coefficient (Wildman–Crippen LogP) is 3.24. The van der Waals surface area contributed by atoms with Crippen LogP contribution in [0.2, 0.25) is 0 Å². The van der Waals surface area contributed by atoms with Crippen LogP contribution in [0.1, 0.15) is 19.8 Å². The Labute approximate surface area is 104 Å². The summed E-state index contributed by atoms with van der Waals surface area (Å²) in [5, 5.41) is 2.94. The van der Waals surface area contributed by atoms with E-state index >= 15 is 0 Å². The molecule has 1 heterocycles. The summed E-state index contributed by atoms with van der Waals surface area (Å²) in [5.41, 5.74) is 5.97. The molecule has 0 aromatic heterocycles. The lowest BCUT2D eigenvalue weighted by atomic mass is 10.1. The highest BCUT2D eigenvalue weighted by Gasteiger charge is 2.29. The molecule has 1 saturated heterocycles. The molecule has 2 rings (SSSR count). The molecule has 0 saturated carbocycles. The molecule has 0 aliphatic carbocycles. The van der Waals surface area contributed by atoms with Crippen molar-refractivity contribution in [2.24, 2.45) is 0 Å². The zero-order valence-corrected chi connectivity index (χ0v) is 10.5. The van der Waals surface area contributed by atoms with E-state index in [1.54, 1.807) is 0 Å². The molecule has 1 aliphatic heterocycles. The summed E-state index contributed by atoms with van der Waals surface area (Å²) < 4.78 is 26.7. The third-order valence-corrected chi connectivity index (χ3v) is 4.60. The van der Waals surface area contributed by atoms with E-state index in [0.717, 1.165) is 18.2 Å². The molecular formula is C12H16F2N2S. The van der Waals surface area contributed by atoms with Gasteiger partial charge < -0.3 is 11.1 Å². The first-order chi connectivity index (χ1) is 8.02. The second kappa shape index (κ2) is 4.72. The summed E-state index contributed by atoms with van der Waals surface area (Å²) in [7, 11) is 0. The van der Waals surface area contributed by atoms with Gasteiger partial charge in [-0.3, -0.25) is 0 Å². The van der Waals surface area contributed by atoms with E-state index in [2.05, 4.69) is 12.2 Å². The Morgan fingerprint density at radius 2 is 2.24 bits per heavy atom. The molecule has 0 bridgehead atoms. The van der Waals surface area contributed by atoms with E-state index < -0.39 is 11.6 Å². The van der Waals surface area contributed by atoms with E-state index in [-0.39, 0.29) is 16.1 Å². The Morgan fingerprint density at radius 1 is 1.47 bits per heavy atom. The number of thioether (sulfide) groups is 1. The minimum atomic E-state index is -0.892. The molecule has 1 aromatic rings. The highest BCUT2D eigenvalue weighted by atomic mass is 32.2. The molecule has 1 atom stereocenters. The van der Waals surface area contributed by atoms with Gasteiger partial charge >= 0.3 is 0 Å². The molecule has 0 radical (unpaired) electrons. The molecule has 3 N–H and O–H groups in total. The lowest BCUT2D eigenvalue weighted by Gasteiger charge is -2.24. The normalized spacial score (nSPS) is 23.9. The van der Waals surface area contributed by atoms with Gasteiger partial charge in [0, 0.05) is 11.3 Å². The van der Waals surface area contributed by atoms with Crippen molar-refractivity contribution in [1.29, 1.82) is 0 Å². The molecule has 0 amide bonds. The van der Waals surface area contributed by atoms with Crippen LogP contribution in [0.25, 0.3) is 0 Å². The van der Waals surface area contributed by atoms with Gasteiger partial charge in [0.1, 0.15) is 0 Å². The van der Waals surface area contributed by atoms with Gasteiger partial charge in [0.25, 0.3) is 0 Å². The van der Waals surface area contributed by atoms with E-state index in [0.29, 0.717) is 6.54 Å². The smallest absolute Gasteiger partial charge is 0.183 e. The summed E-state index contributed by atoms with van der Waals surface area (Å²) in [6.07, 6.45) is 2.26. The molecular weight excluding hydrogens is 242 g/mol. The largest absolute Gasteiger partial charge is 0.397 e. The first kappa shape index (κ1) is 12.5. The van der Waals surface area contributed by atoms with Crippen LogP contribution in [0, 0.1) is 11.6 Å². The molecule has 2 nitrogen and oxygen atoms in total. The number of hydrogen-bond acceptors (Lipinski definition) is 3. The number of benzene rings is 1. The summed E-state index contributed by atoms with van der Waals surface area (Å²) in [6, 6.07) is 2.42. The highest BCUT2D eigenvalue weighted by Crippen LogP contribution is 2.38. The molecule has 17 heavy (non-hydrogen) atoms. The Hall–Kier alpha value is -0.970. The van der Waals surface area contributed by atoms with Crippen molar-refractivity contribution >= 4 is 23.1 Å². The van der Waals surface area contributed by atoms with E-state index in [1.807, 2.05) is 11.8 Å². The number of nitrogens with one attached hydrogen (secondary N) is 1. The van der Waals surface area contributed by atoms with Gasteiger partial charge in [-0.15, -0.1) is 0 Å². The predicted molar refractivity (Wildman–Crippen MR) is 69.4 cm³/mol. The zero-order valence-electron chi connectivity index (χ0n) is 9.72. The van der Waals surface area contributed by atoms with Gasteiger partial charge in [0.05, 0.1) is 11.4 Å². The van der Waals surface area contributed by atoms with Crippen molar-refractivity contribution in [3.8, 4) is 0 Å². The fourth-order valence-corrected chi connectivity index (χ4v) is 3.24. The van der Waals surface area contributed by atoms with Gasteiger partial charge in [0.15, 0.2) is 11.6 Å². The van der Waals surface area contributed by atoms with Gasteiger partial charge in [-0.2, -0.15) is 11.8 Å². The standard InChI is InChI=1S/C12H16F2N2S/c1-12(5-2-6-17-12)7-16-11-9(15)4-3-8(13)10(11)14/h3-4,16H,2,5-7,15H2,1H3. The van der Waals surface area contributed by atoms with Crippen LogP contribution in [0.4, 0.5) is 20.2 Å². The van der Waals surface area contributed by atoms with Gasteiger partial charge in [-0.1, -0.05) is 0 Å². The number of hydrogen-bond donors (Lipinski definition) is 2. The van der Waals surface area contributed by atoms with E-state index in [9.17, 15) is 8.78 Å². The van der Waals surface area contributed by atoms with Crippen LogP contribution < -0.4 is 11.1 Å². The topological polar surface area (TPSA) is 38.0 Å². The van der Waals surface area contributed by atoms with Crippen LogP contribution in [0.3, 0.4) is 0 Å². The third kappa shape index (κ3) is 2.65. The summed E-state index contributed by atoms with van der Waals surface area (Å²) in [6.45, 7) is 2.73. The average molecular weight is 258 g/mol. The number of nitrogen functional groups attached to an aromatic ring is 1. The second-order valence-electron chi connectivity index (χ2n) is 4.58. The Morgan fingerprint density at radius 3 is 2.88 bits per heavy atom. The Balaban J connectivity index is 2.11.